The molecule has 5 rings (SSSR count). The van der Waals surface area contributed by atoms with Gasteiger partial charge in [-0.3, -0.25) is 9.59 Å². The summed E-state index contributed by atoms with van der Waals surface area (Å²) >= 11 is 0. The number of rotatable bonds is 9. The molecular formula is C31H39N5O3. The number of anilines is 3. The minimum atomic E-state index is -0.337. The highest BCUT2D eigenvalue weighted by atomic mass is 16.3. The van der Waals surface area contributed by atoms with Crippen LogP contribution in [-0.2, 0) is 0 Å². The van der Waals surface area contributed by atoms with Gasteiger partial charge in [-0.25, -0.2) is 0 Å². The Morgan fingerprint density at radius 2 is 1.64 bits per heavy atom. The Morgan fingerprint density at radius 3 is 2.33 bits per heavy atom. The van der Waals surface area contributed by atoms with Crippen molar-refractivity contribution in [3.63, 3.8) is 0 Å². The number of nitrogens with one attached hydrogen (secondary N) is 2. The number of carbonyl (C=O) groups excluding carboxylic acids is 2. The monoisotopic (exact) mass is 529 g/mol. The molecule has 0 radical (unpaired) electrons. The van der Waals surface area contributed by atoms with Crippen LogP contribution >= 0.6 is 0 Å². The lowest BCUT2D eigenvalue weighted by atomic mass is 10.1. The van der Waals surface area contributed by atoms with Gasteiger partial charge in [0.25, 0.3) is 11.8 Å². The number of aryl methyl sites for hydroxylation is 1. The number of piperazine rings is 1. The minimum Gasteiger partial charge on any atom is -0.459 e. The van der Waals surface area contributed by atoms with Crippen LogP contribution in [-0.4, -0.2) is 69.1 Å². The van der Waals surface area contributed by atoms with Crippen LogP contribution in [0, 0.1) is 6.92 Å². The van der Waals surface area contributed by atoms with Crippen molar-refractivity contribution in [1.82, 2.24) is 10.2 Å². The van der Waals surface area contributed by atoms with Crippen LogP contribution in [0.1, 0.15) is 52.2 Å². The Hall–Kier alpha value is -3.78. The summed E-state index contributed by atoms with van der Waals surface area (Å²) in [6.45, 7) is 6.89. The highest BCUT2D eigenvalue weighted by Gasteiger charge is 2.23. The van der Waals surface area contributed by atoms with E-state index < -0.39 is 0 Å². The van der Waals surface area contributed by atoms with E-state index in [4.69, 9.17) is 4.42 Å². The Kier molecular flexibility index (Phi) is 8.51. The molecule has 2 fully saturated rings. The maximum absolute atomic E-state index is 13.1. The highest BCUT2D eigenvalue weighted by molar-refractivity contribution is 6.05. The SMILES string of the molecule is Cc1ccccc1N1CCN(c2ccc(C(=O)NCCN(C)C3CCCC3)cc2NC(=O)c2ccco2)CC1. The van der Waals surface area contributed by atoms with E-state index in [0.29, 0.717) is 23.8 Å². The van der Waals surface area contributed by atoms with Gasteiger partial charge >= 0.3 is 0 Å². The summed E-state index contributed by atoms with van der Waals surface area (Å²) in [7, 11) is 2.14. The first-order valence-electron chi connectivity index (χ1n) is 14.0. The molecule has 3 aromatic rings. The highest BCUT2D eigenvalue weighted by Crippen LogP contribution is 2.30. The molecule has 8 heteroatoms. The molecule has 1 aliphatic heterocycles. The van der Waals surface area contributed by atoms with Gasteiger partial charge in [-0.1, -0.05) is 31.0 Å². The van der Waals surface area contributed by atoms with Crippen molar-refractivity contribution < 1.29 is 14.0 Å². The van der Waals surface area contributed by atoms with Crippen molar-refractivity contribution in [2.75, 3.05) is 61.4 Å². The number of carbonyl (C=O) groups is 2. The molecule has 1 aliphatic carbocycles. The molecule has 2 N–H and O–H groups in total. The fourth-order valence-electron chi connectivity index (χ4n) is 5.73. The quantitative estimate of drug-likeness (QED) is 0.416. The number of hydrogen-bond acceptors (Lipinski definition) is 6. The normalized spacial score (nSPS) is 16.1. The lowest BCUT2D eigenvalue weighted by Gasteiger charge is -2.38. The first-order chi connectivity index (χ1) is 19.0. The first kappa shape index (κ1) is 26.8. The third kappa shape index (κ3) is 6.45. The van der Waals surface area contributed by atoms with E-state index in [1.165, 1.54) is 43.2 Å². The van der Waals surface area contributed by atoms with Crippen molar-refractivity contribution in [2.45, 2.75) is 38.6 Å². The maximum atomic E-state index is 13.1. The Balaban J connectivity index is 1.28. The topological polar surface area (TPSA) is 81.1 Å². The van der Waals surface area contributed by atoms with Gasteiger partial charge in [0.05, 0.1) is 17.6 Å². The summed E-state index contributed by atoms with van der Waals surface area (Å²) in [6.07, 6.45) is 6.54. The third-order valence-electron chi connectivity index (χ3n) is 8.03. The minimum absolute atomic E-state index is 0.140. The van der Waals surface area contributed by atoms with Gasteiger partial charge in [-0.15, -0.1) is 0 Å². The zero-order valence-corrected chi connectivity index (χ0v) is 23.0. The molecule has 39 heavy (non-hydrogen) atoms. The maximum Gasteiger partial charge on any atom is 0.291 e. The van der Waals surface area contributed by atoms with E-state index in [-0.39, 0.29) is 17.6 Å². The van der Waals surface area contributed by atoms with Gasteiger partial charge < -0.3 is 29.8 Å². The Bertz CT molecular complexity index is 1260. The van der Waals surface area contributed by atoms with E-state index >= 15 is 0 Å². The summed E-state index contributed by atoms with van der Waals surface area (Å²) in [5, 5.41) is 6.05. The Labute approximate surface area is 231 Å². The van der Waals surface area contributed by atoms with Crippen molar-refractivity contribution in [3.8, 4) is 0 Å². The van der Waals surface area contributed by atoms with Crippen LogP contribution in [0.4, 0.5) is 17.1 Å². The molecule has 2 aromatic carbocycles. The van der Waals surface area contributed by atoms with E-state index in [2.05, 4.69) is 63.6 Å². The predicted octanol–water partition coefficient (Wildman–Crippen LogP) is 4.77. The van der Waals surface area contributed by atoms with Crippen LogP contribution in [0.2, 0.25) is 0 Å². The first-order valence-corrected chi connectivity index (χ1v) is 14.0. The van der Waals surface area contributed by atoms with E-state index in [1.807, 2.05) is 12.1 Å². The second-order valence-corrected chi connectivity index (χ2v) is 10.6. The second kappa shape index (κ2) is 12.4. The molecule has 2 heterocycles. The number of amides is 2. The Morgan fingerprint density at radius 1 is 0.923 bits per heavy atom. The molecule has 1 aromatic heterocycles. The second-order valence-electron chi connectivity index (χ2n) is 10.6. The number of nitrogens with zero attached hydrogens (tertiary/aromatic N) is 3. The van der Waals surface area contributed by atoms with Gasteiger partial charge in [0.15, 0.2) is 5.76 Å². The van der Waals surface area contributed by atoms with Gasteiger partial charge in [0.2, 0.25) is 0 Å². The van der Waals surface area contributed by atoms with Gasteiger partial charge in [-0.05, 0) is 68.8 Å². The summed E-state index contributed by atoms with van der Waals surface area (Å²) < 4.78 is 5.31. The molecule has 0 bridgehead atoms. The average molecular weight is 530 g/mol. The number of hydrogen-bond donors (Lipinski definition) is 2. The number of furan rings is 1. The molecule has 1 saturated carbocycles. The lowest BCUT2D eigenvalue weighted by Crippen LogP contribution is -2.47. The molecule has 0 atom stereocenters. The van der Waals surface area contributed by atoms with Crippen molar-refractivity contribution >= 4 is 28.9 Å². The molecule has 1 saturated heterocycles. The molecule has 8 nitrogen and oxygen atoms in total. The van der Waals surface area contributed by atoms with E-state index in [1.54, 1.807) is 18.2 Å². The van der Waals surface area contributed by atoms with Gasteiger partial charge in [-0.2, -0.15) is 0 Å². The molecule has 206 valence electrons. The predicted molar refractivity (Wildman–Crippen MR) is 156 cm³/mol. The largest absolute Gasteiger partial charge is 0.459 e. The smallest absolute Gasteiger partial charge is 0.291 e. The number of likely N-dealkylation sites (N-methyl/N-ethyl adjacent to an activating group) is 1. The lowest BCUT2D eigenvalue weighted by molar-refractivity contribution is 0.0945. The average Bonchev–Trinajstić information content (AvgIpc) is 3.69. The molecule has 2 amide bonds. The zero-order valence-electron chi connectivity index (χ0n) is 23.0. The molecule has 2 aliphatic rings. The fraction of sp³-hybridized carbons (Fsp3) is 0.419. The summed E-state index contributed by atoms with van der Waals surface area (Å²) in [5.41, 5.74) is 4.56. The van der Waals surface area contributed by atoms with Crippen LogP contribution in [0.3, 0.4) is 0 Å². The summed E-state index contributed by atoms with van der Waals surface area (Å²) in [6, 6.07) is 18.0. The van der Waals surface area contributed by atoms with Crippen LogP contribution in [0.5, 0.6) is 0 Å². The molecular weight excluding hydrogens is 490 g/mol. The van der Waals surface area contributed by atoms with Crippen molar-refractivity contribution in [2.24, 2.45) is 0 Å². The van der Waals surface area contributed by atoms with Crippen molar-refractivity contribution in [3.05, 3.63) is 77.7 Å². The standard InChI is InChI=1S/C31H39N5O3/c1-23-8-3-6-11-27(23)35-17-19-36(20-18-35)28-14-13-24(22-26(28)33-31(38)29-12-7-21-39-29)30(37)32-15-16-34(2)25-9-4-5-10-25/h3,6-8,11-14,21-22,25H,4-5,9-10,15-20H2,1-2H3,(H,32,37)(H,33,38). The van der Waals surface area contributed by atoms with Crippen molar-refractivity contribution in [1.29, 1.82) is 0 Å². The molecule has 0 spiro atoms. The summed E-state index contributed by atoms with van der Waals surface area (Å²) in [5.74, 6) is -0.245. The van der Waals surface area contributed by atoms with E-state index in [0.717, 1.165) is 38.4 Å². The zero-order chi connectivity index (χ0) is 27.2. The third-order valence-corrected chi connectivity index (χ3v) is 8.03. The number of benzene rings is 2. The van der Waals surface area contributed by atoms with Crippen LogP contribution < -0.4 is 20.4 Å². The molecule has 0 unspecified atom stereocenters. The van der Waals surface area contributed by atoms with Gasteiger partial charge in [0.1, 0.15) is 0 Å². The van der Waals surface area contributed by atoms with Crippen LogP contribution in [0.25, 0.3) is 0 Å². The van der Waals surface area contributed by atoms with Crippen LogP contribution in [0.15, 0.2) is 65.3 Å². The fourth-order valence-corrected chi connectivity index (χ4v) is 5.73. The van der Waals surface area contributed by atoms with E-state index in [9.17, 15) is 9.59 Å². The van der Waals surface area contributed by atoms with Gasteiger partial charge in [0, 0.05) is 56.6 Å². The summed E-state index contributed by atoms with van der Waals surface area (Å²) in [4.78, 5) is 33.0. The number of para-hydroxylation sites is 1.